The lowest BCUT2D eigenvalue weighted by atomic mass is 9.70. The number of ether oxygens (including phenoxy) is 8. The van der Waals surface area contributed by atoms with E-state index in [1.54, 1.807) is 0 Å². The molecule has 0 amide bonds. The summed E-state index contributed by atoms with van der Waals surface area (Å²) in [4.78, 5) is 45.3. The molecule has 4 aromatic carbocycles. The van der Waals surface area contributed by atoms with Crippen LogP contribution in [0.5, 0.6) is 46.0 Å². The Kier molecular flexibility index (Phi) is 33.9. The van der Waals surface area contributed by atoms with Crippen molar-refractivity contribution in [3.05, 3.63) is 93.0 Å². The molecule has 2 saturated heterocycles. The number of aliphatic hydroxyl groups excluding tert-OH is 2. The molecule has 0 spiro atoms. The third-order valence-electron chi connectivity index (χ3n) is 26.5. The van der Waals surface area contributed by atoms with E-state index in [2.05, 4.69) is 123 Å². The standard InChI is InChI=1S/2C24H38O5.2C24H36O4/c1-6-7-8-9-11-23(2,3)17-13-20(27)22-18(15-25)19(10-12-28-16-26)24(4,5)29-21(22)14-17;1-6-7-8-9-11-23(2,3)17-13-20(27)22-18(15-28-16-26)19(10-12-25)24(4,5)29-21(22)14-17;1-6-7-8-9-12-23(2,3)16-13-19(25)22-17-15-27-21(26)11-10-18(17)24(4,5)28-20(22)14-16;1-6-7-8-9-11-23(2,3)16-13-19(25)22-17-15-21(26)27-12-10-18(17)24(4,5)28-20(22)14-16/h2*13-14,16,18-19,25,27H,6-12,15H2,1-5H3;2*13-14,17-18,25H,6-12,15H2,1-5H3/t2*18-,19?;2*17-,18?/m1111/s1. The zero-order valence-electron chi connectivity index (χ0n) is 73.6. The van der Waals surface area contributed by atoms with Gasteiger partial charge in [-0.15, -0.1) is 0 Å². The molecule has 6 aliphatic heterocycles. The second-order valence-electron chi connectivity index (χ2n) is 38.4. The molecular weight excluding hydrogens is 1440 g/mol. The first kappa shape index (κ1) is 94.2. The van der Waals surface area contributed by atoms with Crippen LogP contribution < -0.4 is 18.9 Å². The molecule has 640 valence electrons. The number of carbonyl (C=O) groups is 4. The molecule has 6 N–H and O–H groups in total. The minimum atomic E-state index is -0.553. The fourth-order valence-corrected chi connectivity index (χ4v) is 19.2. The first-order valence-electron chi connectivity index (χ1n) is 43.6. The van der Waals surface area contributed by atoms with Crippen molar-refractivity contribution >= 4 is 24.9 Å². The van der Waals surface area contributed by atoms with Crippen molar-refractivity contribution in [1.29, 1.82) is 0 Å². The number of phenolic OH excluding ortho intramolecular Hbond substituents is 4. The van der Waals surface area contributed by atoms with E-state index in [4.69, 9.17) is 37.9 Å². The highest BCUT2D eigenvalue weighted by molar-refractivity contribution is 5.72. The molecule has 114 heavy (non-hydrogen) atoms. The number of unbranched alkanes of at least 4 members (excludes halogenated alkanes) is 12. The third-order valence-corrected chi connectivity index (χ3v) is 26.5. The highest BCUT2D eigenvalue weighted by atomic mass is 16.5. The van der Waals surface area contributed by atoms with Crippen molar-refractivity contribution in [2.45, 2.75) is 373 Å². The molecule has 4 unspecified atom stereocenters. The zero-order valence-corrected chi connectivity index (χ0v) is 73.6. The normalized spacial score (nSPS) is 22.2. The Morgan fingerprint density at radius 3 is 1.18 bits per heavy atom. The van der Waals surface area contributed by atoms with Crippen molar-refractivity contribution < 1.29 is 87.7 Å². The van der Waals surface area contributed by atoms with Crippen molar-refractivity contribution in [2.24, 2.45) is 23.7 Å². The molecule has 4 aromatic rings. The Morgan fingerprint density at radius 1 is 0.430 bits per heavy atom. The van der Waals surface area contributed by atoms with E-state index in [-0.39, 0.29) is 130 Å². The Labute approximate surface area is 684 Å². The molecule has 6 aliphatic rings. The summed E-state index contributed by atoms with van der Waals surface area (Å²) >= 11 is 0. The predicted molar refractivity (Wildman–Crippen MR) is 451 cm³/mol. The number of fused-ring (bicyclic) bond motifs is 8. The van der Waals surface area contributed by atoms with Gasteiger partial charge in [-0.25, -0.2) is 0 Å². The van der Waals surface area contributed by atoms with Gasteiger partial charge in [0.25, 0.3) is 12.9 Å². The van der Waals surface area contributed by atoms with Crippen LogP contribution in [0.1, 0.15) is 374 Å². The van der Waals surface area contributed by atoms with Gasteiger partial charge in [0, 0.05) is 82.6 Å². The van der Waals surface area contributed by atoms with Crippen LogP contribution in [-0.2, 0) is 59.8 Å². The molecule has 0 aromatic heterocycles. The van der Waals surface area contributed by atoms with Gasteiger partial charge in [-0.05, 0) is 199 Å². The van der Waals surface area contributed by atoms with Crippen molar-refractivity contribution in [3.8, 4) is 46.0 Å². The second kappa shape index (κ2) is 41.0. The lowest BCUT2D eigenvalue weighted by Crippen LogP contribution is -2.46. The number of cyclic esters (lactones) is 2. The van der Waals surface area contributed by atoms with Gasteiger partial charge in [-0.3, -0.25) is 19.2 Å². The summed E-state index contributed by atoms with van der Waals surface area (Å²) in [5.41, 5.74) is 5.13. The Bertz CT molecular complexity index is 3750. The average molecular weight is 1590 g/mol. The fourth-order valence-electron chi connectivity index (χ4n) is 19.2. The van der Waals surface area contributed by atoms with Gasteiger partial charge in [0.05, 0.1) is 39.5 Å². The lowest BCUT2D eigenvalue weighted by Gasteiger charge is -2.45. The van der Waals surface area contributed by atoms with Crippen LogP contribution in [-0.4, -0.2) is 118 Å². The van der Waals surface area contributed by atoms with Crippen LogP contribution in [0.2, 0.25) is 0 Å². The molecule has 0 radical (unpaired) electrons. The third kappa shape index (κ3) is 23.7. The minimum Gasteiger partial charge on any atom is -0.508 e. The van der Waals surface area contributed by atoms with Gasteiger partial charge in [0.15, 0.2) is 0 Å². The number of hydrogen-bond acceptors (Lipinski definition) is 18. The summed E-state index contributed by atoms with van der Waals surface area (Å²) in [5, 5.41) is 63.5. The van der Waals surface area contributed by atoms with E-state index in [0.717, 1.165) is 96.2 Å². The van der Waals surface area contributed by atoms with E-state index >= 15 is 0 Å². The van der Waals surface area contributed by atoms with Gasteiger partial charge < -0.3 is 68.5 Å². The van der Waals surface area contributed by atoms with Gasteiger partial charge in [0.1, 0.15) is 68.4 Å². The number of aromatic hydroxyl groups is 4. The van der Waals surface area contributed by atoms with Crippen LogP contribution in [0.3, 0.4) is 0 Å². The summed E-state index contributed by atoms with van der Waals surface area (Å²) < 4.78 is 46.2. The van der Waals surface area contributed by atoms with Crippen LogP contribution >= 0.6 is 0 Å². The molecular formula is C96H148O18. The number of esters is 2. The van der Waals surface area contributed by atoms with Crippen LogP contribution in [0.25, 0.3) is 0 Å². The zero-order chi connectivity index (χ0) is 84.4. The fraction of sp³-hybridized carbons (Fsp3) is 0.708. The Hall–Kier alpha value is -6.92. The van der Waals surface area contributed by atoms with E-state index in [1.165, 1.54) is 89.9 Å². The molecule has 0 aliphatic carbocycles. The Morgan fingerprint density at radius 2 is 0.789 bits per heavy atom. The number of carbonyl (C=O) groups excluding carboxylic acids is 4. The highest BCUT2D eigenvalue weighted by Gasteiger charge is 2.51. The van der Waals surface area contributed by atoms with E-state index in [0.29, 0.717) is 74.5 Å². The summed E-state index contributed by atoms with van der Waals surface area (Å²) in [7, 11) is 0. The first-order chi connectivity index (χ1) is 53.7. The molecule has 0 saturated carbocycles. The monoisotopic (exact) mass is 1590 g/mol. The maximum atomic E-state index is 12.1. The van der Waals surface area contributed by atoms with Crippen LogP contribution in [0.4, 0.5) is 0 Å². The Balaban J connectivity index is 0.000000211. The number of phenols is 4. The second-order valence-corrected chi connectivity index (χ2v) is 38.4. The van der Waals surface area contributed by atoms with Crippen molar-refractivity contribution in [3.63, 3.8) is 0 Å². The molecule has 2 fully saturated rings. The number of rotatable bonds is 34. The maximum Gasteiger partial charge on any atom is 0.306 e. The number of hydrogen-bond donors (Lipinski definition) is 6. The lowest BCUT2D eigenvalue weighted by molar-refractivity contribution is -0.143. The number of aliphatic hydroxyl groups is 2. The molecule has 18 heteroatoms. The van der Waals surface area contributed by atoms with E-state index < -0.39 is 22.4 Å². The largest absolute Gasteiger partial charge is 0.508 e. The van der Waals surface area contributed by atoms with Gasteiger partial charge in [-0.2, -0.15) is 0 Å². The summed E-state index contributed by atoms with van der Waals surface area (Å²) in [6, 6.07) is 15.8. The van der Waals surface area contributed by atoms with Gasteiger partial charge in [0.2, 0.25) is 0 Å². The van der Waals surface area contributed by atoms with Gasteiger partial charge >= 0.3 is 11.9 Å². The molecule has 6 heterocycles. The summed E-state index contributed by atoms with van der Waals surface area (Å²) in [6.07, 6.45) is 27.0. The van der Waals surface area contributed by atoms with Crippen LogP contribution in [0.15, 0.2) is 48.5 Å². The smallest absolute Gasteiger partial charge is 0.306 e. The van der Waals surface area contributed by atoms with Crippen molar-refractivity contribution in [2.75, 3.05) is 39.6 Å². The van der Waals surface area contributed by atoms with Crippen LogP contribution in [0, 0.1) is 23.7 Å². The molecule has 18 nitrogen and oxygen atoms in total. The molecule has 0 bridgehead atoms. The quantitative estimate of drug-likeness (QED) is 0.0110. The SMILES string of the molecule is CCCCCCC(C)(C)c1cc(O)c2c(c1)OC(C)(C)C(CCO)[C@H]2COC=O.CCCCCCC(C)(C)c1cc(O)c2c(c1)OC(C)(C)C(CCOC=O)[C@H]2CO.CCCCCCC(C)(C)c1cc(O)c2c(c1)OC(C)(C)C1CCC(=O)OC[C@@H]21.CCCCCCC(C)(C)c1cc(O)c2c(c1)OC(C)(C)C1CCOC(=O)C[C@@H]21. The summed E-state index contributed by atoms with van der Waals surface area (Å²) in [5.74, 6) is 2.87. The molecule has 10 rings (SSSR count). The topological polar surface area (TPSA) is 263 Å². The van der Waals surface area contributed by atoms with Gasteiger partial charge in [-0.1, -0.05) is 186 Å². The minimum absolute atomic E-state index is 0.00795. The highest BCUT2D eigenvalue weighted by Crippen LogP contribution is 2.58. The van der Waals surface area contributed by atoms with E-state index in [9.17, 15) is 49.8 Å². The van der Waals surface area contributed by atoms with E-state index in [1.807, 2.05) is 64.1 Å². The van der Waals surface area contributed by atoms with Crippen molar-refractivity contribution in [1.82, 2.24) is 0 Å². The predicted octanol–water partition coefficient (Wildman–Crippen LogP) is 21.8. The summed E-state index contributed by atoms with van der Waals surface area (Å²) in [6.45, 7) is 44.9. The maximum absolute atomic E-state index is 12.1. The molecule has 8 atom stereocenters. The average Bonchev–Trinajstić information content (AvgIpc) is 1.00. The number of benzene rings is 4. The first-order valence-corrected chi connectivity index (χ1v) is 43.6.